The van der Waals surface area contributed by atoms with E-state index in [0.29, 0.717) is 84.7 Å². The molecule has 13 nitrogen and oxygen atoms in total. The zero-order chi connectivity index (χ0) is 47.0. The van der Waals surface area contributed by atoms with Gasteiger partial charge < -0.3 is 33.7 Å². The number of aromatic nitrogens is 4. The van der Waals surface area contributed by atoms with Crippen LogP contribution in [0, 0.1) is 13.8 Å². The zero-order valence-corrected chi connectivity index (χ0v) is 39.8. The molecular formula is C49H50Cl2F2N6O7S. The number of nitrogens with zero attached hydrogens (tertiary/aromatic N) is 6. The first-order valence-corrected chi connectivity index (χ1v) is 23.8. The fraction of sp³-hybridized carbons (Fsp3) is 0.408. The number of benzene rings is 3. The Kier molecular flexibility index (Phi) is 13.7. The molecule has 0 radical (unpaired) electrons. The van der Waals surface area contributed by atoms with Gasteiger partial charge in [-0.25, -0.2) is 33.5 Å². The number of likely N-dealkylation sites (N-methyl/N-ethyl adjacent to an activating group) is 1. The van der Waals surface area contributed by atoms with Gasteiger partial charge in [0.05, 0.1) is 33.8 Å². The van der Waals surface area contributed by atoms with Gasteiger partial charge in [-0.3, -0.25) is 4.90 Å². The lowest BCUT2D eigenvalue weighted by Crippen LogP contribution is -2.49. The number of methoxy groups -OCH3 is 1. The number of rotatable bonds is 9. The van der Waals surface area contributed by atoms with Crippen molar-refractivity contribution in [3.63, 3.8) is 0 Å². The standard InChI is InChI=1S/C49H50Cl2F2N6O7S/c1-27-38-28(2)42(51)43(41(27)50)65-33(23-59-19-17-58(3)18-20-59)25-63-32-9-10-35(64-24-31-13-16-54-45(57-31)34-7-5-6-8-36(34)62-4)30(21-32)22-37(48(60)61)66-46-40-39(38)44(67-47(40)56-26-55-46)29-11-14-49(52,53)15-12-29/h5-10,13,16,21,26,29,33,37H,11-12,14-15,17-20,22-25H2,1-4H3,(H,60,61)/t33-,37-/m1/s1. The van der Waals surface area contributed by atoms with Crippen LogP contribution in [0.5, 0.6) is 28.9 Å². The Morgan fingerprint density at radius 3 is 2.43 bits per heavy atom. The number of hydrogen-bond acceptors (Lipinski definition) is 13. The zero-order valence-electron chi connectivity index (χ0n) is 37.5. The molecule has 18 heteroatoms. The van der Waals surface area contributed by atoms with E-state index < -0.39 is 24.1 Å². The fourth-order valence-corrected chi connectivity index (χ4v) is 10.9. The van der Waals surface area contributed by atoms with Gasteiger partial charge in [-0.15, -0.1) is 11.3 Å². The molecule has 1 saturated carbocycles. The molecule has 4 aliphatic rings. The van der Waals surface area contributed by atoms with Crippen LogP contribution in [0.4, 0.5) is 8.78 Å². The van der Waals surface area contributed by atoms with Crippen molar-refractivity contribution in [2.75, 3.05) is 53.5 Å². The van der Waals surface area contributed by atoms with E-state index in [1.165, 1.54) is 17.7 Å². The number of alkyl halides is 2. The molecule has 3 aliphatic heterocycles. The van der Waals surface area contributed by atoms with Gasteiger partial charge in [0, 0.05) is 74.2 Å². The van der Waals surface area contributed by atoms with E-state index in [1.54, 1.807) is 37.6 Å². The third-order valence-electron chi connectivity index (χ3n) is 12.8. The van der Waals surface area contributed by atoms with E-state index in [1.807, 2.05) is 38.1 Å². The molecule has 1 saturated heterocycles. The van der Waals surface area contributed by atoms with E-state index in [2.05, 4.69) is 31.8 Å². The first kappa shape index (κ1) is 46.7. The van der Waals surface area contributed by atoms with Crippen LogP contribution in [0.2, 0.25) is 10.0 Å². The molecule has 3 aromatic heterocycles. The summed E-state index contributed by atoms with van der Waals surface area (Å²) in [6.45, 7) is 7.77. The number of hydrogen-bond donors (Lipinski definition) is 1. The van der Waals surface area contributed by atoms with Crippen LogP contribution >= 0.6 is 34.5 Å². The number of piperazine rings is 1. The van der Waals surface area contributed by atoms with Crippen molar-refractivity contribution in [3.8, 4) is 51.4 Å². The molecule has 10 rings (SSSR count). The van der Waals surface area contributed by atoms with Crippen molar-refractivity contribution in [1.82, 2.24) is 29.7 Å². The molecule has 0 amide bonds. The van der Waals surface area contributed by atoms with Gasteiger partial charge in [-0.05, 0) is 92.7 Å². The summed E-state index contributed by atoms with van der Waals surface area (Å²) in [4.78, 5) is 37.6. The molecule has 67 heavy (non-hydrogen) atoms. The second-order valence-corrected chi connectivity index (χ2v) is 19.1. The summed E-state index contributed by atoms with van der Waals surface area (Å²) >= 11 is 16.0. The van der Waals surface area contributed by atoms with Crippen LogP contribution < -0.4 is 23.7 Å². The summed E-state index contributed by atoms with van der Waals surface area (Å²) in [7, 11) is 3.68. The van der Waals surface area contributed by atoms with E-state index in [9.17, 15) is 18.7 Å². The number of aliphatic carboxylic acids is 1. The molecule has 2 atom stereocenters. The predicted molar refractivity (Wildman–Crippen MR) is 253 cm³/mol. The molecule has 0 unspecified atom stereocenters. The minimum absolute atomic E-state index is 0.0127. The van der Waals surface area contributed by atoms with Crippen molar-refractivity contribution >= 4 is 50.7 Å². The van der Waals surface area contributed by atoms with Crippen LogP contribution in [-0.2, 0) is 17.8 Å². The molecule has 1 N–H and O–H groups in total. The normalized spacial score (nSPS) is 19.3. The molecule has 3 aromatic carbocycles. The smallest absolute Gasteiger partial charge is 0.345 e. The van der Waals surface area contributed by atoms with Gasteiger partial charge in [-0.1, -0.05) is 35.3 Å². The van der Waals surface area contributed by atoms with Crippen molar-refractivity contribution in [3.05, 3.63) is 98.4 Å². The molecule has 4 bridgehead atoms. The summed E-state index contributed by atoms with van der Waals surface area (Å²) in [5, 5.41) is 11.9. The van der Waals surface area contributed by atoms with E-state index in [4.69, 9.17) is 51.9 Å². The largest absolute Gasteiger partial charge is 0.496 e. The summed E-state index contributed by atoms with van der Waals surface area (Å²) in [6.07, 6.45) is 0.685. The van der Waals surface area contributed by atoms with Gasteiger partial charge in [0.25, 0.3) is 0 Å². The minimum atomic E-state index is -2.77. The highest BCUT2D eigenvalue weighted by atomic mass is 35.5. The number of halogens is 4. The van der Waals surface area contributed by atoms with Gasteiger partial charge >= 0.3 is 5.97 Å². The second-order valence-electron chi connectivity index (χ2n) is 17.3. The number of carboxylic acids is 1. The highest BCUT2D eigenvalue weighted by molar-refractivity contribution is 7.19. The number of thiophene rings is 1. The van der Waals surface area contributed by atoms with E-state index in [-0.39, 0.29) is 67.2 Å². The highest BCUT2D eigenvalue weighted by Gasteiger charge is 2.39. The summed E-state index contributed by atoms with van der Waals surface area (Å²) < 4.78 is 61.1. The lowest BCUT2D eigenvalue weighted by molar-refractivity contribution is -0.145. The second kappa shape index (κ2) is 19.7. The molecular weight excluding hydrogens is 926 g/mol. The van der Waals surface area contributed by atoms with Crippen LogP contribution in [-0.4, -0.2) is 112 Å². The predicted octanol–water partition coefficient (Wildman–Crippen LogP) is 10.1. The quantitative estimate of drug-likeness (QED) is 0.147. The van der Waals surface area contributed by atoms with Crippen molar-refractivity contribution < 1.29 is 42.4 Å². The van der Waals surface area contributed by atoms with Crippen LogP contribution in [0.3, 0.4) is 0 Å². The van der Waals surface area contributed by atoms with Crippen LogP contribution in [0.1, 0.15) is 58.9 Å². The number of ether oxygens (including phenoxy) is 5. The molecule has 1 aliphatic carbocycles. The van der Waals surface area contributed by atoms with Crippen molar-refractivity contribution in [2.24, 2.45) is 0 Å². The van der Waals surface area contributed by atoms with E-state index in [0.717, 1.165) is 31.1 Å². The SMILES string of the molecule is COc1ccccc1-c1nccc(COc2ccc3cc2C[C@H](C(=O)O)Oc2ncnc4sc(C5CCC(F)(F)CC5)c(c24)-c2c(C)c(Cl)c(c(Cl)c2C)O[C@H](CN2CCN(C)CC2)CO3)n1. The summed E-state index contributed by atoms with van der Waals surface area (Å²) in [5.74, 6) is -2.07. The Bertz CT molecular complexity index is 2770. The van der Waals surface area contributed by atoms with Crippen LogP contribution in [0.25, 0.3) is 32.7 Å². The summed E-state index contributed by atoms with van der Waals surface area (Å²) in [5.41, 5.74) is 4.33. The molecule has 0 spiro atoms. The fourth-order valence-electron chi connectivity index (χ4n) is 9.11. The third kappa shape index (κ3) is 9.96. The Morgan fingerprint density at radius 1 is 0.955 bits per heavy atom. The maximum Gasteiger partial charge on any atom is 0.345 e. The molecule has 6 heterocycles. The molecule has 352 valence electrons. The average molecular weight is 976 g/mol. The van der Waals surface area contributed by atoms with Gasteiger partial charge in [0.15, 0.2) is 11.6 Å². The Labute approximate surface area is 400 Å². The lowest BCUT2D eigenvalue weighted by atomic mass is 9.82. The average Bonchev–Trinajstić information content (AvgIpc) is 3.71. The summed E-state index contributed by atoms with van der Waals surface area (Å²) in [6, 6.07) is 14.4. The van der Waals surface area contributed by atoms with Gasteiger partial charge in [0.1, 0.15) is 47.7 Å². The third-order valence-corrected chi connectivity index (χ3v) is 15.0. The highest BCUT2D eigenvalue weighted by Crippen LogP contribution is 2.54. The van der Waals surface area contributed by atoms with Crippen molar-refractivity contribution in [1.29, 1.82) is 0 Å². The maximum atomic E-state index is 14.7. The van der Waals surface area contributed by atoms with Crippen molar-refractivity contribution in [2.45, 2.75) is 76.6 Å². The maximum absolute atomic E-state index is 14.7. The van der Waals surface area contributed by atoms with E-state index >= 15 is 0 Å². The Hall–Kier alpha value is -5.39. The number of carboxylic acid groups (broad SMARTS) is 1. The first-order valence-electron chi connectivity index (χ1n) is 22.2. The topological polar surface area (TPSA) is 141 Å². The number of fused-ring (bicyclic) bond motifs is 7. The monoisotopic (exact) mass is 974 g/mol. The van der Waals surface area contributed by atoms with Gasteiger partial charge in [0.2, 0.25) is 17.9 Å². The Balaban J connectivity index is 1.15. The Morgan fingerprint density at radius 2 is 1.70 bits per heavy atom. The lowest BCUT2D eigenvalue weighted by Gasteiger charge is -2.35. The van der Waals surface area contributed by atoms with Crippen LogP contribution in [0.15, 0.2) is 61.1 Å². The number of carbonyl (C=O) groups is 1. The molecule has 6 aromatic rings. The number of para-hydroxylation sites is 1. The first-order chi connectivity index (χ1) is 32.3. The minimum Gasteiger partial charge on any atom is -0.496 e. The van der Waals surface area contributed by atoms with Gasteiger partial charge in [-0.2, -0.15) is 0 Å². The molecule has 2 fully saturated rings.